The number of ether oxygens (including phenoxy) is 2. The van der Waals surface area contributed by atoms with Gasteiger partial charge in [-0.3, -0.25) is 4.79 Å². The second-order valence-corrected chi connectivity index (χ2v) is 6.36. The predicted molar refractivity (Wildman–Crippen MR) is 97.5 cm³/mol. The molecule has 1 fully saturated rings. The molecular formula is C20H24N2O3. The molecule has 1 aliphatic heterocycles. The van der Waals surface area contributed by atoms with Gasteiger partial charge in [0.15, 0.2) is 6.29 Å². The molecule has 0 aromatic heterocycles. The first-order valence-corrected chi connectivity index (χ1v) is 8.42. The van der Waals surface area contributed by atoms with E-state index >= 15 is 0 Å². The minimum Gasteiger partial charge on any atom is -0.378 e. The van der Waals surface area contributed by atoms with Gasteiger partial charge in [-0.15, -0.1) is 0 Å². The van der Waals surface area contributed by atoms with Crippen LogP contribution in [-0.2, 0) is 14.3 Å². The summed E-state index contributed by atoms with van der Waals surface area (Å²) in [6.07, 6.45) is -0.325. The lowest BCUT2D eigenvalue weighted by atomic mass is 9.96. The van der Waals surface area contributed by atoms with Crippen molar-refractivity contribution in [3.05, 3.63) is 65.2 Å². The van der Waals surface area contributed by atoms with E-state index in [2.05, 4.69) is 17.4 Å². The number of nitrogens with one attached hydrogen (secondary N) is 1. The zero-order valence-electron chi connectivity index (χ0n) is 14.9. The Hall–Kier alpha value is -2.37. The standard InChI is InChI=1S/C20H24N2O3/c1-14(23)21-19(15-7-9-18(10-8-15)22(2)3)16-5-4-6-17(13-16)20-24-11-12-25-20/h4-10,13,19-20H,11-12H2,1-3H3,(H,21,23). The quantitative estimate of drug-likeness (QED) is 0.909. The SMILES string of the molecule is CC(=O)NC(c1ccc(N(C)C)cc1)c1cccc(C2OCCO2)c1. The second kappa shape index (κ2) is 7.68. The van der Waals surface area contributed by atoms with Crippen LogP contribution in [0, 0.1) is 0 Å². The summed E-state index contributed by atoms with van der Waals surface area (Å²) in [6, 6.07) is 16.0. The lowest BCUT2D eigenvalue weighted by Gasteiger charge is -2.21. The van der Waals surface area contributed by atoms with Gasteiger partial charge in [-0.1, -0.05) is 30.3 Å². The number of benzene rings is 2. The van der Waals surface area contributed by atoms with Crippen LogP contribution in [0.1, 0.15) is 35.9 Å². The van der Waals surface area contributed by atoms with E-state index in [1.54, 1.807) is 0 Å². The molecule has 1 aliphatic rings. The first-order chi connectivity index (χ1) is 12.0. The number of rotatable bonds is 5. The fourth-order valence-corrected chi connectivity index (χ4v) is 2.96. The van der Waals surface area contributed by atoms with Gasteiger partial charge in [0.05, 0.1) is 19.3 Å². The molecule has 1 saturated heterocycles. The number of hydrogen-bond donors (Lipinski definition) is 1. The van der Waals surface area contributed by atoms with Crippen molar-refractivity contribution in [2.45, 2.75) is 19.3 Å². The number of carbonyl (C=O) groups excluding carboxylic acids is 1. The Bertz CT molecular complexity index is 722. The third kappa shape index (κ3) is 4.18. The van der Waals surface area contributed by atoms with Crippen molar-refractivity contribution in [2.75, 3.05) is 32.2 Å². The van der Waals surface area contributed by atoms with E-state index in [1.165, 1.54) is 6.92 Å². The number of carbonyl (C=O) groups is 1. The molecule has 5 nitrogen and oxygen atoms in total. The van der Waals surface area contributed by atoms with Gasteiger partial charge in [-0.05, 0) is 29.3 Å². The summed E-state index contributed by atoms with van der Waals surface area (Å²) in [4.78, 5) is 13.8. The predicted octanol–water partition coefficient (Wildman–Crippen LogP) is 3.02. The van der Waals surface area contributed by atoms with Gasteiger partial charge in [-0.2, -0.15) is 0 Å². The van der Waals surface area contributed by atoms with Crippen LogP contribution in [0.4, 0.5) is 5.69 Å². The number of nitrogens with zero attached hydrogens (tertiary/aromatic N) is 1. The van der Waals surface area contributed by atoms with Crippen LogP contribution in [0.25, 0.3) is 0 Å². The fourth-order valence-electron chi connectivity index (χ4n) is 2.96. The molecule has 0 aliphatic carbocycles. The van der Waals surface area contributed by atoms with Crippen LogP contribution in [0.3, 0.4) is 0 Å². The molecule has 0 bridgehead atoms. The largest absolute Gasteiger partial charge is 0.378 e. The van der Waals surface area contributed by atoms with E-state index in [-0.39, 0.29) is 18.2 Å². The van der Waals surface area contributed by atoms with Gasteiger partial charge in [0.2, 0.25) is 5.91 Å². The van der Waals surface area contributed by atoms with Gasteiger partial charge in [0, 0.05) is 32.3 Å². The summed E-state index contributed by atoms with van der Waals surface area (Å²) in [5, 5.41) is 3.04. The zero-order chi connectivity index (χ0) is 17.8. The molecule has 3 rings (SSSR count). The molecule has 1 amide bonds. The van der Waals surface area contributed by atoms with Crippen LogP contribution in [0.15, 0.2) is 48.5 Å². The third-order valence-corrected chi connectivity index (χ3v) is 4.23. The fraction of sp³-hybridized carbons (Fsp3) is 0.350. The van der Waals surface area contributed by atoms with Crippen molar-refractivity contribution in [3.63, 3.8) is 0 Å². The van der Waals surface area contributed by atoms with Crippen molar-refractivity contribution in [1.29, 1.82) is 0 Å². The highest BCUT2D eigenvalue weighted by Crippen LogP contribution is 2.29. The van der Waals surface area contributed by atoms with E-state index in [0.717, 1.165) is 22.4 Å². The lowest BCUT2D eigenvalue weighted by molar-refractivity contribution is -0.119. The maximum atomic E-state index is 11.7. The molecule has 0 radical (unpaired) electrons. The van der Waals surface area contributed by atoms with Crippen LogP contribution in [-0.4, -0.2) is 33.2 Å². The number of hydrogen-bond acceptors (Lipinski definition) is 4. The highest BCUT2D eigenvalue weighted by atomic mass is 16.7. The molecule has 1 heterocycles. The van der Waals surface area contributed by atoms with Crippen molar-refractivity contribution in [1.82, 2.24) is 5.32 Å². The Morgan fingerprint density at radius 2 is 1.76 bits per heavy atom. The molecule has 1 atom stereocenters. The smallest absolute Gasteiger partial charge is 0.217 e. The van der Waals surface area contributed by atoms with Gasteiger partial charge in [-0.25, -0.2) is 0 Å². The molecule has 1 unspecified atom stereocenters. The van der Waals surface area contributed by atoms with Crippen molar-refractivity contribution in [2.24, 2.45) is 0 Å². The van der Waals surface area contributed by atoms with Crippen LogP contribution >= 0.6 is 0 Å². The van der Waals surface area contributed by atoms with Crippen molar-refractivity contribution >= 4 is 11.6 Å². The van der Waals surface area contributed by atoms with Crippen molar-refractivity contribution in [3.8, 4) is 0 Å². The summed E-state index contributed by atoms with van der Waals surface area (Å²) >= 11 is 0. The van der Waals surface area contributed by atoms with Crippen molar-refractivity contribution < 1.29 is 14.3 Å². The maximum Gasteiger partial charge on any atom is 0.217 e. The van der Waals surface area contributed by atoms with E-state index < -0.39 is 0 Å². The molecule has 5 heteroatoms. The molecule has 0 spiro atoms. The molecule has 132 valence electrons. The summed E-state index contributed by atoms with van der Waals surface area (Å²) in [7, 11) is 4.01. The zero-order valence-corrected chi connectivity index (χ0v) is 14.9. The molecule has 0 saturated carbocycles. The maximum absolute atomic E-state index is 11.7. The minimum absolute atomic E-state index is 0.0690. The monoisotopic (exact) mass is 340 g/mol. The highest BCUT2D eigenvalue weighted by Gasteiger charge is 2.21. The summed E-state index contributed by atoms with van der Waals surface area (Å²) in [6.45, 7) is 2.75. The molecule has 2 aromatic rings. The van der Waals surface area contributed by atoms with Gasteiger partial charge >= 0.3 is 0 Å². The summed E-state index contributed by atoms with van der Waals surface area (Å²) < 4.78 is 11.2. The van der Waals surface area contributed by atoms with Crippen LogP contribution < -0.4 is 10.2 Å². The van der Waals surface area contributed by atoms with Crippen LogP contribution in [0.2, 0.25) is 0 Å². The molecule has 2 aromatic carbocycles. The van der Waals surface area contributed by atoms with Gasteiger partial charge in [0.1, 0.15) is 0 Å². The Labute approximate surface area is 148 Å². The van der Waals surface area contributed by atoms with E-state index in [1.807, 2.05) is 55.4 Å². The van der Waals surface area contributed by atoms with E-state index in [4.69, 9.17) is 9.47 Å². The normalized spacial score (nSPS) is 15.8. The average Bonchev–Trinajstić information content (AvgIpc) is 3.14. The molecule has 1 N–H and O–H groups in total. The van der Waals surface area contributed by atoms with E-state index in [9.17, 15) is 4.79 Å². The van der Waals surface area contributed by atoms with Gasteiger partial charge < -0.3 is 19.7 Å². The third-order valence-electron chi connectivity index (χ3n) is 4.23. The average molecular weight is 340 g/mol. The summed E-state index contributed by atoms with van der Waals surface area (Å²) in [5.41, 5.74) is 4.12. The minimum atomic E-state index is -0.325. The Balaban J connectivity index is 1.92. The molecule has 25 heavy (non-hydrogen) atoms. The summed E-state index contributed by atoms with van der Waals surface area (Å²) in [5.74, 6) is -0.0690. The highest BCUT2D eigenvalue weighted by molar-refractivity contribution is 5.74. The first kappa shape index (κ1) is 17.5. The Kier molecular flexibility index (Phi) is 5.36. The van der Waals surface area contributed by atoms with Crippen LogP contribution in [0.5, 0.6) is 0 Å². The Morgan fingerprint density at radius 3 is 2.36 bits per heavy atom. The Morgan fingerprint density at radius 1 is 1.08 bits per heavy atom. The topological polar surface area (TPSA) is 50.8 Å². The first-order valence-electron chi connectivity index (χ1n) is 8.42. The second-order valence-electron chi connectivity index (χ2n) is 6.36. The van der Waals surface area contributed by atoms with E-state index in [0.29, 0.717) is 13.2 Å². The van der Waals surface area contributed by atoms with Gasteiger partial charge in [0.25, 0.3) is 0 Å². The number of anilines is 1. The number of amides is 1. The lowest BCUT2D eigenvalue weighted by Crippen LogP contribution is -2.27. The molecular weight excluding hydrogens is 316 g/mol.